The molecule has 1 N–H and O–H groups in total. The predicted molar refractivity (Wildman–Crippen MR) is 68.2 cm³/mol. The topological polar surface area (TPSA) is 49.5 Å². The normalized spacial score (nSPS) is 36.2. The van der Waals surface area contributed by atoms with Crippen molar-refractivity contribution in [3.05, 3.63) is 17.3 Å². The molecule has 1 aromatic rings. The zero-order valence-corrected chi connectivity index (χ0v) is 11.4. The SMILES string of the molecule is Cc1nc(CN2C3CCC2CC(C)(O)C3)oc1C. The van der Waals surface area contributed by atoms with Gasteiger partial charge in [-0.3, -0.25) is 4.90 Å². The minimum absolute atomic E-state index is 0.481. The molecule has 2 saturated heterocycles. The van der Waals surface area contributed by atoms with Crippen molar-refractivity contribution in [2.45, 2.75) is 70.7 Å². The van der Waals surface area contributed by atoms with Gasteiger partial charge in [0.2, 0.25) is 5.89 Å². The van der Waals surface area contributed by atoms with Crippen molar-refractivity contribution in [2.24, 2.45) is 0 Å². The average molecular weight is 250 g/mol. The molecule has 0 amide bonds. The smallest absolute Gasteiger partial charge is 0.208 e. The van der Waals surface area contributed by atoms with Gasteiger partial charge in [0.05, 0.1) is 17.8 Å². The van der Waals surface area contributed by atoms with E-state index in [1.807, 2.05) is 20.8 Å². The summed E-state index contributed by atoms with van der Waals surface area (Å²) in [5, 5.41) is 10.2. The van der Waals surface area contributed by atoms with E-state index in [1.165, 1.54) is 12.8 Å². The van der Waals surface area contributed by atoms with E-state index in [4.69, 9.17) is 4.42 Å². The molecule has 2 unspecified atom stereocenters. The standard InChI is InChI=1S/C14H22N2O2/c1-9-10(2)18-13(15-9)8-16-11-4-5-12(16)7-14(3,17)6-11/h11-12,17H,4-8H2,1-3H3. The van der Waals surface area contributed by atoms with Gasteiger partial charge in [0, 0.05) is 12.1 Å². The Morgan fingerprint density at radius 1 is 1.33 bits per heavy atom. The highest BCUT2D eigenvalue weighted by atomic mass is 16.4. The summed E-state index contributed by atoms with van der Waals surface area (Å²) in [7, 11) is 0. The van der Waals surface area contributed by atoms with Crippen LogP contribution in [0.15, 0.2) is 4.42 Å². The van der Waals surface area contributed by atoms with E-state index in [2.05, 4.69) is 9.88 Å². The largest absolute Gasteiger partial charge is 0.444 e. The minimum atomic E-state index is -0.481. The van der Waals surface area contributed by atoms with Crippen molar-refractivity contribution in [1.29, 1.82) is 0 Å². The van der Waals surface area contributed by atoms with Crippen LogP contribution in [0.3, 0.4) is 0 Å². The van der Waals surface area contributed by atoms with Crippen molar-refractivity contribution in [3.63, 3.8) is 0 Å². The highest BCUT2D eigenvalue weighted by Crippen LogP contribution is 2.41. The Labute approximate surface area is 108 Å². The van der Waals surface area contributed by atoms with Crippen LogP contribution >= 0.6 is 0 Å². The fourth-order valence-corrected chi connectivity index (χ4v) is 3.57. The molecular weight excluding hydrogens is 228 g/mol. The number of hydrogen-bond donors (Lipinski definition) is 1. The van der Waals surface area contributed by atoms with Gasteiger partial charge in [-0.15, -0.1) is 0 Å². The lowest BCUT2D eigenvalue weighted by molar-refractivity contribution is -0.0434. The number of hydrogen-bond acceptors (Lipinski definition) is 4. The molecule has 0 saturated carbocycles. The van der Waals surface area contributed by atoms with E-state index in [9.17, 15) is 5.11 Å². The van der Waals surface area contributed by atoms with E-state index in [0.717, 1.165) is 36.7 Å². The summed E-state index contributed by atoms with van der Waals surface area (Å²) >= 11 is 0. The van der Waals surface area contributed by atoms with Gasteiger partial charge in [0.1, 0.15) is 5.76 Å². The molecule has 3 heterocycles. The van der Waals surface area contributed by atoms with Gasteiger partial charge in [-0.05, 0) is 46.5 Å². The molecule has 4 nitrogen and oxygen atoms in total. The van der Waals surface area contributed by atoms with E-state index >= 15 is 0 Å². The molecule has 0 spiro atoms. The highest BCUT2D eigenvalue weighted by molar-refractivity contribution is 5.07. The quantitative estimate of drug-likeness (QED) is 0.874. The van der Waals surface area contributed by atoms with E-state index < -0.39 is 5.60 Å². The first-order valence-corrected chi connectivity index (χ1v) is 6.86. The van der Waals surface area contributed by atoms with Gasteiger partial charge in [0.25, 0.3) is 0 Å². The van der Waals surface area contributed by atoms with Crippen LogP contribution in [0, 0.1) is 13.8 Å². The number of nitrogens with zero attached hydrogens (tertiary/aromatic N) is 2. The Morgan fingerprint density at radius 2 is 1.94 bits per heavy atom. The Morgan fingerprint density at radius 3 is 2.44 bits per heavy atom. The highest BCUT2D eigenvalue weighted by Gasteiger charge is 2.45. The first-order valence-electron chi connectivity index (χ1n) is 6.86. The summed E-state index contributed by atoms with van der Waals surface area (Å²) in [6, 6.07) is 0.984. The molecule has 2 aliphatic rings. The second-order valence-electron chi connectivity index (χ2n) is 6.21. The molecule has 3 rings (SSSR count). The van der Waals surface area contributed by atoms with Crippen LogP contribution in [-0.2, 0) is 6.54 Å². The number of fused-ring (bicyclic) bond motifs is 2. The maximum absolute atomic E-state index is 10.2. The lowest BCUT2D eigenvalue weighted by atomic mass is 9.88. The van der Waals surface area contributed by atoms with Crippen molar-refractivity contribution in [3.8, 4) is 0 Å². The molecule has 1 aromatic heterocycles. The molecule has 4 heteroatoms. The number of aromatic nitrogens is 1. The molecule has 18 heavy (non-hydrogen) atoms. The number of aryl methyl sites for hydroxylation is 2. The van der Waals surface area contributed by atoms with Gasteiger partial charge in [0.15, 0.2) is 0 Å². The van der Waals surface area contributed by atoms with Gasteiger partial charge >= 0.3 is 0 Å². The first-order chi connectivity index (χ1) is 8.44. The molecule has 2 bridgehead atoms. The number of piperidine rings is 1. The maximum atomic E-state index is 10.2. The minimum Gasteiger partial charge on any atom is -0.444 e. The van der Waals surface area contributed by atoms with Crippen molar-refractivity contribution in [1.82, 2.24) is 9.88 Å². The molecule has 2 aliphatic heterocycles. The second-order valence-corrected chi connectivity index (χ2v) is 6.21. The zero-order chi connectivity index (χ0) is 12.9. The molecule has 2 atom stereocenters. The molecule has 0 aliphatic carbocycles. The third-order valence-electron chi connectivity index (χ3n) is 4.51. The van der Waals surface area contributed by atoms with Gasteiger partial charge in [-0.1, -0.05) is 0 Å². The van der Waals surface area contributed by atoms with Crippen LogP contribution in [-0.4, -0.2) is 32.7 Å². The third kappa shape index (κ3) is 2.08. The summed E-state index contributed by atoms with van der Waals surface area (Å²) in [4.78, 5) is 6.94. The number of rotatable bonds is 2. The van der Waals surface area contributed by atoms with Crippen LogP contribution in [0.2, 0.25) is 0 Å². The second kappa shape index (κ2) is 4.07. The fraction of sp³-hybridized carbons (Fsp3) is 0.786. The van der Waals surface area contributed by atoms with Gasteiger partial charge in [-0.2, -0.15) is 0 Å². The number of oxazole rings is 1. The summed E-state index contributed by atoms with van der Waals surface area (Å²) in [5.41, 5.74) is 0.506. The Kier molecular flexibility index (Phi) is 2.75. The monoisotopic (exact) mass is 250 g/mol. The Hall–Kier alpha value is -0.870. The first kappa shape index (κ1) is 12.2. The summed E-state index contributed by atoms with van der Waals surface area (Å²) in [5.74, 6) is 1.74. The number of aliphatic hydroxyl groups is 1. The molecule has 100 valence electrons. The lowest BCUT2D eigenvalue weighted by Gasteiger charge is -2.41. The van der Waals surface area contributed by atoms with Gasteiger partial charge in [-0.25, -0.2) is 4.98 Å². The van der Waals surface area contributed by atoms with Crippen molar-refractivity contribution >= 4 is 0 Å². The zero-order valence-electron chi connectivity index (χ0n) is 11.4. The third-order valence-corrected chi connectivity index (χ3v) is 4.51. The van der Waals surface area contributed by atoms with E-state index in [-0.39, 0.29) is 0 Å². The van der Waals surface area contributed by atoms with Crippen LogP contribution in [0.4, 0.5) is 0 Å². The maximum Gasteiger partial charge on any atom is 0.208 e. The van der Waals surface area contributed by atoms with Crippen LogP contribution < -0.4 is 0 Å². The Balaban J connectivity index is 1.75. The van der Waals surface area contributed by atoms with E-state index in [1.54, 1.807) is 0 Å². The summed E-state index contributed by atoms with van der Waals surface area (Å²) in [6.07, 6.45) is 4.14. The summed E-state index contributed by atoms with van der Waals surface area (Å²) < 4.78 is 5.68. The molecule has 2 fully saturated rings. The average Bonchev–Trinajstić information content (AvgIpc) is 2.69. The Bertz CT molecular complexity index is 417. The van der Waals surface area contributed by atoms with Crippen LogP contribution in [0.1, 0.15) is 50.0 Å². The predicted octanol–water partition coefficient (Wildman–Crippen LogP) is 2.17. The van der Waals surface area contributed by atoms with E-state index in [0.29, 0.717) is 12.1 Å². The molecular formula is C14H22N2O2. The molecule has 0 radical (unpaired) electrons. The van der Waals surface area contributed by atoms with Crippen LogP contribution in [0.25, 0.3) is 0 Å². The summed E-state index contributed by atoms with van der Waals surface area (Å²) in [6.45, 7) is 6.70. The fourth-order valence-electron chi connectivity index (χ4n) is 3.57. The molecule has 0 aromatic carbocycles. The lowest BCUT2D eigenvalue weighted by Crippen LogP contribution is -2.49. The van der Waals surface area contributed by atoms with Crippen molar-refractivity contribution < 1.29 is 9.52 Å². The van der Waals surface area contributed by atoms with Crippen molar-refractivity contribution in [2.75, 3.05) is 0 Å². The van der Waals surface area contributed by atoms with Crippen LogP contribution in [0.5, 0.6) is 0 Å². The van der Waals surface area contributed by atoms with Gasteiger partial charge < -0.3 is 9.52 Å².